The Morgan fingerprint density at radius 1 is 0.929 bits per heavy atom. The first-order chi connectivity index (χ1) is 13.5. The molecule has 0 bridgehead atoms. The molecule has 1 fully saturated rings. The molecule has 0 unspecified atom stereocenters. The zero-order valence-electron chi connectivity index (χ0n) is 16.2. The van der Waals surface area contributed by atoms with Gasteiger partial charge in [-0.1, -0.05) is 42.5 Å². The van der Waals surface area contributed by atoms with Gasteiger partial charge in [0.15, 0.2) is 13.2 Å². The lowest BCUT2D eigenvalue weighted by molar-refractivity contribution is -0.158. The Labute approximate surface area is 165 Å². The summed E-state index contributed by atoms with van der Waals surface area (Å²) in [6, 6.07) is 17.5. The highest BCUT2D eigenvalue weighted by Gasteiger charge is 2.26. The molecule has 148 valence electrons. The first-order valence-corrected chi connectivity index (χ1v) is 9.38. The van der Waals surface area contributed by atoms with Crippen LogP contribution in [0.2, 0.25) is 0 Å². The summed E-state index contributed by atoms with van der Waals surface area (Å²) in [7, 11) is 0. The highest BCUT2D eigenvalue weighted by Crippen LogP contribution is 2.22. The highest BCUT2D eigenvalue weighted by molar-refractivity contribution is 5.81. The molecule has 1 aliphatic rings. The third kappa shape index (κ3) is 5.57. The third-order valence-corrected chi connectivity index (χ3v) is 4.45. The zero-order chi connectivity index (χ0) is 19.9. The summed E-state index contributed by atoms with van der Waals surface area (Å²) in [5, 5.41) is 0. The number of ether oxygens (including phenoxy) is 3. The number of morpholine rings is 1. The predicted octanol–water partition coefficient (Wildman–Crippen LogP) is 2.91. The fraction of sp³-hybridized carbons (Fsp3) is 0.364. The van der Waals surface area contributed by atoms with Crippen LogP contribution in [0.15, 0.2) is 54.6 Å². The van der Waals surface area contributed by atoms with Crippen molar-refractivity contribution < 1.29 is 23.8 Å². The zero-order valence-corrected chi connectivity index (χ0v) is 16.2. The minimum Gasteiger partial charge on any atom is -0.482 e. The number of nitrogens with zero attached hydrogens (tertiary/aromatic N) is 1. The molecule has 1 heterocycles. The van der Waals surface area contributed by atoms with Gasteiger partial charge in [0.1, 0.15) is 5.75 Å². The molecule has 0 saturated carbocycles. The van der Waals surface area contributed by atoms with Gasteiger partial charge in [0.05, 0.1) is 12.2 Å². The molecule has 0 radical (unpaired) electrons. The van der Waals surface area contributed by atoms with Crippen LogP contribution in [0.3, 0.4) is 0 Å². The molecule has 2 aromatic rings. The van der Waals surface area contributed by atoms with Crippen molar-refractivity contribution in [3.8, 4) is 16.9 Å². The fourth-order valence-corrected chi connectivity index (χ4v) is 3.17. The van der Waals surface area contributed by atoms with E-state index in [1.54, 1.807) is 17.0 Å². The number of hydrogen-bond acceptors (Lipinski definition) is 5. The Balaban J connectivity index is 1.42. The van der Waals surface area contributed by atoms with Crippen LogP contribution >= 0.6 is 0 Å². The molecule has 2 aromatic carbocycles. The molecule has 0 aliphatic carbocycles. The quantitative estimate of drug-likeness (QED) is 0.718. The van der Waals surface area contributed by atoms with Crippen molar-refractivity contribution in [3.63, 3.8) is 0 Å². The Bertz CT molecular complexity index is 780. The van der Waals surface area contributed by atoms with E-state index in [1.165, 1.54) is 0 Å². The van der Waals surface area contributed by atoms with E-state index < -0.39 is 5.97 Å². The SMILES string of the molecule is C[C@@H]1CN(C(=O)COC(=O)COc2ccc(-c3ccccc3)cc2)C[C@H](C)O1. The van der Waals surface area contributed by atoms with E-state index in [4.69, 9.17) is 14.2 Å². The second kappa shape index (κ2) is 9.37. The Kier molecular flexibility index (Phi) is 6.66. The van der Waals surface area contributed by atoms with Crippen LogP contribution in [-0.2, 0) is 19.1 Å². The maximum absolute atomic E-state index is 12.2. The number of benzene rings is 2. The minimum absolute atomic E-state index is 0.0226. The van der Waals surface area contributed by atoms with Crippen LogP contribution in [0.4, 0.5) is 0 Å². The van der Waals surface area contributed by atoms with Gasteiger partial charge in [-0.3, -0.25) is 4.79 Å². The molecule has 1 amide bonds. The summed E-state index contributed by atoms with van der Waals surface area (Å²) in [6.45, 7) is 4.32. The summed E-state index contributed by atoms with van der Waals surface area (Å²) in [5.74, 6) is -0.226. The molecule has 6 heteroatoms. The maximum Gasteiger partial charge on any atom is 0.344 e. The van der Waals surface area contributed by atoms with Crippen molar-refractivity contribution in [2.24, 2.45) is 0 Å². The largest absolute Gasteiger partial charge is 0.482 e. The molecule has 0 N–H and O–H groups in total. The van der Waals surface area contributed by atoms with E-state index in [9.17, 15) is 9.59 Å². The van der Waals surface area contributed by atoms with Crippen molar-refractivity contribution in [1.29, 1.82) is 0 Å². The van der Waals surface area contributed by atoms with Crippen molar-refractivity contribution in [2.45, 2.75) is 26.1 Å². The third-order valence-electron chi connectivity index (χ3n) is 4.45. The second-order valence-corrected chi connectivity index (χ2v) is 6.90. The number of carbonyl (C=O) groups excluding carboxylic acids is 2. The second-order valence-electron chi connectivity index (χ2n) is 6.90. The van der Waals surface area contributed by atoms with Crippen LogP contribution in [0.25, 0.3) is 11.1 Å². The fourth-order valence-electron chi connectivity index (χ4n) is 3.17. The topological polar surface area (TPSA) is 65.1 Å². The number of esters is 1. The lowest BCUT2D eigenvalue weighted by Crippen LogP contribution is -2.49. The molecule has 28 heavy (non-hydrogen) atoms. The molecular weight excluding hydrogens is 358 g/mol. The van der Waals surface area contributed by atoms with Crippen molar-refractivity contribution in [1.82, 2.24) is 4.90 Å². The lowest BCUT2D eigenvalue weighted by Gasteiger charge is -2.35. The Morgan fingerprint density at radius 2 is 1.54 bits per heavy atom. The van der Waals surface area contributed by atoms with E-state index in [-0.39, 0.29) is 31.3 Å². The van der Waals surface area contributed by atoms with Crippen LogP contribution in [0.5, 0.6) is 5.75 Å². The van der Waals surface area contributed by atoms with Crippen LogP contribution in [0.1, 0.15) is 13.8 Å². The number of carbonyl (C=O) groups is 2. The van der Waals surface area contributed by atoms with Gasteiger partial charge in [-0.2, -0.15) is 0 Å². The van der Waals surface area contributed by atoms with Gasteiger partial charge in [-0.05, 0) is 37.1 Å². The van der Waals surface area contributed by atoms with Gasteiger partial charge < -0.3 is 19.1 Å². The van der Waals surface area contributed by atoms with Crippen LogP contribution in [-0.4, -0.2) is 55.3 Å². The monoisotopic (exact) mass is 383 g/mol. The average Bonchev–Trinajstić information content (AvgIpc) is 2.71. The molecule has 1 aliphatic heterocycles. The van der Waals surface area contributed by atoms with E-state index in [1.807, 2.05) is 56.3 Å². The Morgan fingerprint density at radius 3 is 2.18 bits per heavy atom. The summed E-state index contributed by atoms with van der Waals surface area (Å²) in [5.41, 5.74) is 2.17. The number of hydrogen-bond donors (Lipinski definition) is 0. The van der Waals surface area contributed by atoms with E-state index in [0.717, 1.165) is 11.1 Å². The van der Waals surface area contributed by atoms with E-state index >= 15 is 0 Å². The summed E-state index contributed by atoms with van der Waals surface area (Å²) in [6.07, 6.45) is -0.0452. The highest BCUT2D eigenvalue weighted by atomic mass is 16.6. The summed E-state index contributed by atoms with van der Waals surface area (Å²) < 4.78 is 16.1. The standard InChI is InChI=1S/C22H25NO5/c1-16-12-23(13-17(2)28-16)21(24)14-27-22(25)15-26-20-10-8-19(9-11-20)18-6-4-3-5-7-18/h3-11,16-17H,12-15H2,1-2H3/t16-,17+. The summed E-state index contributed by atoms with van der Waals surface area (Å²) >= 11 is 0. The van der Waals surface area contributed by atoms with Gasteiger partial charge >= 0.3 is 5.97 Å². The van der Waals surface area contributed by atoms with Gasteiger partial charge in [0.25, 0.3) is 5.91 Å². The van der Waals surface area contributed by atoms with E-state index in [0.29, 0.717) is 18.8 Å². The summed E-state index contributed by atoms with van der Waals surface area (Å²) in [4.78, 5) is 25.7. The smallest absolute Gasteiger partial charge is 0.344 e. The lowest BCUT2D eigenvalue weighted by atomic mass is 10.1. The van der Waals surface area contributed by atoms with Gasteiger partial charge in [0, 0.05) is 13.1 Å². The maximum atomic E-state index is 12.2. The first kappa shape index (κ1) is 19.9. The number of rotatable bonds is 6. The molecule has 1 saturated heterocycles. The minimum atomic E-state index is -0.574. The first-order valence-electron chi connectivity index (χ1n) is 9.38. The molecule has 3 rings (SSSR count). The van der Waals surface area contributed by atoms with Crippen LogP contribution < -0.4 is 4.74 Å². The number of amides is 1. The molecule has 0 aromatic heterocycles. The van der Waals surface area contributed by atoms with Gasteiger partial charge in [-0.15, -0.1) is 0 Å². The van der Waals surface area contributed by atoms with Gasteiger partial charge in [0.2, 0.25) is 0 Å². The molecule has 6 nitrogen and oxygen atoms in total. The molecule has 0 spiro atoms. The van der Waals surface area contributed by atoms with Crippen LogP contribution in [0, 0.1) is 0 Å². The average molecular weight is 383 g/mol. The predicted molar refractivity (Wildman–Crippen MR) is 105 cm³/mol. The van der Waals surface area contributed by atoms with E-state index in [2.05, 4.69) is 0 Å². The van der Waals surface area contributed by atoms with Crippen molar-refractivity contribution >= 4 is 11.9 Å². The van der Waals surface area contributed by atoms with Crippen molar-refractivity contribution in [3.05, 3.63) is 54.6 Å². The van der Waals surface area contributed by atoms with Crippen molar-refractivity contribution in [2.75, 3.05) is 26.3 Å². The normalized spacial score (nSPS) is 19.1. The van der Waals surface area contributed by atoms with Gasteiger partial charge in [-0.25, -0.2) is 4.79 Å². The molecular formula is C22H25NO5. The Hall–Kier alpha value is -2.86. The molecule has 2 atom stereocenters.